The van der Waals surface area contributed by atoms with Gasteiger partial charge in [0.05, 0.1) is 6.61 Å². The molecule has 0 aliphatic carbocycles. The van der Waals surface area contributed by atoms with Crippen LogP contribution in [0.3, 0.4) is 0 Å². The number of carbonyl (C=O) groups excluding carboxylic acids is 1. The summed E-state index contributed by atoms with van der Waals surface area (Å²) in [6.45, 7) is 4.03. The molecule has 0 bridgehead atoms. The van der Waals surface area contributed by atoms with E-state index in [1.54, 1.807) is 25.1 Å². The van der Waals surface area contributed by atoms with Crippen molar-refractivity contribution in [3.63, 3.8) is 0 Å². The highest BCUT2D eigenvalue weighted by Crippen LogP contribution is 2.29. The molecular weight excluding hydrogens is 402 g/mol. The minimum absolute atomic E-state index is 0. The van der Waals surface area contributed by atoms with Gasteiger partial charge in [-0.2, -0.15) is 0 Å². The molecule has 0 aromatic heterocycles. The van der Waals surface area contributed by atoms with Gasteiger partial charge in [0.15, 0.2) is 0 Å². The number of nitrogens with one attached hydrogen (secondary N) is 1. The molecule has 0 saturated heterocycles. The number of nitrogens with two attached hydrogens (primary N) is 1. The summed E-state index contributed by atoms with van der Waals surface area (Å²) >= 11 is 0. The van der Waals surface area contributed by atoms with E-state index in [4.69, 9.17) is 10.5 Å². The Hall–Kier alpha value is -2.13. The van der Waals surface area contributed by atoms with Crippen molar-refractivity contribution in [2.75, 3.05) is 26.0 Å². The summed E-state index contributed by atoms with van der Waals surface area (Å²) in [4.78, 5) is 12.5. The first kappa shape index (κ1) is 23.9. The molecule has 1 atom stereocenters. The van der Waals surface area contributed by atoms with Crippen LogP contribution in [0.1, 0.15) is 24.1 Å². The lowest BCUT2D eigenvalue weighted by molar-refractivity contribution is -0.117. The van der Waals surface area contributed by atoms with Crippen molar-refractivity contribution in [3.8, 4) is 5.75 Å². The Kier molecular flexibility index (Phi) is 8.44. The Labute approximate surface area is 172 Å². The topological polar surface area (TPSA) is 102 Å². The van der Waals surface area contributed by atoms with Gasteiger partial charge < -0.3 is 15.8 Å². The van der Waals surface area contributed by atoms with Gasteiger partial charge in [-0.05, 0) is 37.6 Å². The highest BCUT2D eigenvalue weighted by molar-refractivity contribution is 7.89. The largest absolute Gasteiger partial charge is 0.492 e. The monoisotopic (exact) mass is 427 g/mol. The highest BCUT2D eigenvalue weighted by Gasteiger charge is 2.24. The average molecular weight is 428 g/mol. The molecule has 7 nitrogen and oxygen atoms in total. The van der Waals surface area contributed by atoms with Crippen LogP contribution in [0.4, 0.5) is 5.69 Å². The van der Waals surface area contributed by atoms with Crippen LogP contribution in [0.5, 0.6) is 5.75 Å². The molecule has 2 aromatic rings. The van der Waals surface area contributed by atoms with Crippen LogP contribution in [0, 0.1) is 6.92 Å². The van der Waals surface area contributed by atoms with E-state index in [9.17, 15) is 13.2 Å². The third-order valence-electron chi connectivity index (χ3n) is 3.99. The van der Waals surface area contributed by atoms with Gasteiger partial charge >= 0.3 is 0 Å². The Morgan fingerprint density at radius 2 is 1.79 bits per heavy atom. The van der Waals surface area contributed by atoms with Crippen LogP contribution in [0.2, 0.25) is 0 Å². The number of halogens is 1. The smallest absolute Gasteiger partial charge is 0.246 e. The summed E-state index contributed by atoms with van der Waals surface area (Å²) in [6.07, 6.45) is 0. The first-order valence-corrected chi connectivity index (χ1v) is 9.93. The SMILES string of the molecule is CCOc1ccc(NC(=O)C(N)c2ccc(C)cc2)cc1S(=O)(=O)N(C)C.Cl. The maximum Gasteiger partial charge on any atom is 0.246 e. The molecule has 0 fully saturated rings. The zero-order valence-electron chi connectivity index (χ0n) is 16.3. The number of sulfonamides is 1. The molecule has 0 spiro atoms. The molecule has 0 radical (unpaired) electrons. The van der Waals surface area contributed by atoms with Crippen LogP contribution in [-0.4, -0.2) is 39.3 Å². The van der Waals surface area contributed by atoms with E-state index >= 15 is 0 Å². The second-order valence-corrected chi connectivity index (χ2v) is 8.38. The molecule has 2 rings (SSSR count). The van der Waals surface area contributed by atoms with Gasteiger partial charge in [0.25, 0.3) is 0 Å². The van der Waals surface area contributed by atoms with Gasteiger partial charge in [-0.15, -0.1) is 12.4 Å². The van der Waals surface area contributed by atoms with Crippen LogP contribution in [-0.2, 0) is 14.8 Å². The van der Waals surface area contributed by atoms with Crippen molar-refractivity contribution < 1.29 is 17.9 Å². The van der Waals surface area contributed by atoms with Crippen molar-refractivity contribution in [3.05, 3.63) is 53.6 Å². The Balaban J connectivity index is 0.00000392. The number of carbonyl (C=O) groups is 1. The van der Waals surface area contributed by atoms with Gasteiger partial charge in [-0.25, -0.2) is 12.7 Å². The summed E-state index contributed by atoms with van der Waals surface area (Å²) in [5.41, 5.74) is 8.09. The lowest BCUT2D eigenvalue weighted by Gasteiger charge is -2.17. The fourth-order valence-corrected chi connectivity index (χ4v) is 3.45. The maximum atomic E-state index is 12.6. The number of benzene rings is 2. The minimum Gasteiger partial charge on any atom is -0.492 e. The number of amides is 1. The number of nitrogens with zero attached hydrogens (tertiary/aromatic N) is 1. The maximum absolute atomic E-state index is 12.6. The van der Waals surface area contributed by atoms with E-state index in [1.165, 1.54) is 26.2 Å². The van der Waals surface area contributed by atoms with E-state index in [1.807, 2.05) is 19.1 Å². The normalized spacial score (nSPS) is 12.2. The predicted molar refractivity (Wildman–Crippen MR) is 112 cm³/mol. The van der Waals surface area contributed by atoms with E-state index in [2.05, 4.69) is 5.32 Å². The molecule has 0 aliphatic rings. The van der Waals surface area contributed by atoms with E-state index in [0.717, 1.165) is 9.87 Å². The molecule has 2 aromatic carbocycles. The van der Waals surface area contributed by atoms with E-state index < -0.39 is 22.0 Å². The Bertz CT molecular complexity index is 915. The highest BCUT2D eigenvalue weighted by atomic mass is 35.5. The van der Waals surface area contributed by atoms with Crippen LogP contribution < -0.4 is 15.8 Å². The zero-order valence-corrected chi connectivity index (χ0v) is 17.9. The summed E-state index contributed by atoms with van der Waals surface area (Å²) in [5.74, 6) is -0.205. The molecule has 1 unspecified atom stereocenters. The predicted octanol–water partition coefficient (Wildman–Crippen LogP) is 2.70. The fourth-order valence-electron chi connectivity index (χ4n) is 2.40. The van der Waals surface area contributed by atoms with Crippen LogP contribution in [0.15, 0.2) is 47.4 Å². The molecule has 3 N–H and O–H groups in total. The number of ether oxygens (including phenoxy) is 1. The summed E-state index contributed by atoms with van der Waals surface area (Å²) < 4.78 is 31.6. The molecule has 1 amide bonds. The van der Waals surface area contributed by atoms with E-state index in [-0.39, 0.29) is 23.1 Å². The third kappa shape index (κ3) is 5.45. The van der Waals surface area contributed by atoms with Gasteiger partial charge in [0.2, 0.25) is 15.9 Å². The van der Waals surface area contributed by atoms with Crippen molar-refractivity contribution in [1.29, 1.82) is 0 Å². The molecule has 0 aliphatic heterocycles. The fraction of sp³-hybridized carbons (Fsp3) is 0.316. The molecular formula is C19H26ClN3O4S. The lowest BCUT2D eigenvalue weighted by Crippen LogP contribution is -2.28. The quantitative estimate of drug-likeness (QED) is 0.707. The van der Waals surface area contributed by atoms with Crippen molar-refractivity contribution in [2.24, 2.45) is 5.73 Å². The summed E-state index contributed by atoms with van der Waals surface area (Å²) in [5, 5.41) is 2.67. The van der Waals surface area contributed by atoms with Crippen LogP contribution in [0.25, 0.3) is 0 Å². The average Bonchev–Trinajstić information content (AvgIpc) is 2.63. The van der Waals surface area contributed by atoms with Gasteiger partial charge in [0.1, 0.15) is 16.7 Å². The van der Waals surface area contributed by atoms with Crippen molar-refractivity contribution in [1.82, 2.24) is 4.31 Å². The first-order valence-electron chi connectivity index (χ1n) is 8.49. The van der Waals surface area contributed by atoms with Crippen LogP contribution >= 0.6 is 12.4 Å². The van der Waals surface area contributed by atoms with Gasteiger partial charge in [-0.3, -0.25) is 4.79 Å². The van der Waals surface area contributed by atoms with Gasteiger partial charge in [0, 0.05) is 19.8 Å². The lowest BCUT2D eigenvalue weighted by atomic mass is 10.1. The first-order chi connectivity index (χ1) is 12.7. The van der Waals surface area contributed by atoms with E-state index in [0.29, 0.717) is 17.9 Å². The summed E-state index contributed by atoms with van der Waals surface area (Å²) in [7, 11) is -0.871. The minimum atomic E-state index is -3.74. The third-order valence-corrected chi connectivity index (χ3v) is 5.82. The molecule has 9 heteroatoms. The summed E-state index contributed by atoms with van der Waals surface area (Å²) in [6, 6.07) is 10.9. The molecule has 28 heavy (non-hydrogen) atoms. The number of hydrogen-bond donors (Lipinski definition) is 2. The Morgan fingerprint density at radius 3 is 2.32 bits per heavy atom. The van der Waals surface area contributed by atoms with Crippen molar-refractivity contribution >= 4 is 34.0 Å². The van der Waals surface area contributed by atoms with Gasteiger partial charge in [-0.1, -0.05) is 29.8 Å². The Morgan fingerprint density at radius 1 is 1.18 bits per heavy atom. The zero-order chi connectivity index (χ0) is 20.2. The second kappa shape index (κ2) is 9.88. The second-order valence-electron chi connectivity index (χ2n) is 6.26. The standard InChI is InChI=1S/C19H25N3O4S.ClH/c1-5-26-16-11-10-15(12-17(16)27(24,25)22(3)4)21-19(23)18(20)14-8-6-13(2)7-9-14;/h6-12,18H,5,20H2,1-4H3,(H,21,23);1H. The molecule has 154 valence electrons. The number of rotatable bonds is 7. The number of anilines is 1. The number of aryl methyl sites for hydroxylation is 1. The molecule has 0 heterocycles. The molecule has 0 saturated carbocycles. The number of hydrogen-bond acceptors (Lipinski definition) is 5. The van der Waals surface area contributed by atoms with Crippen molar-refractivity contribution in [2.45, 2.75) is 24.8 Å².